The standard InChI is InChI=1S/C17H24F2N2O/c1-20-11-5-10-17(22)21(13-6-2-3-7-13)12-14-15(18)8-4-9-16(14)19/h4,8-9,13,20H,2-3,5-7,10-12H2,1H3. The number of carbonyl (C=O) groups excluding carboxylic acids is 1. The fraction of sp³-hybridized carbons (Fsp3) is 0.588. The topological polar surface area (TPSA) is 32.3 Å². The van der Waals surface area contributed by atoms with E-state index in [-0.39, 0.29) is 24.1 Å². The van der Waals surface area contributed by atoms with Crippen LogP contribution in [-0.4, -0.2) is 30.4 Å². The zero-order valence-corrected chi connectivity index (χ0v) is 13.1. The van der Waals surface area contributed by atoms with Gasteiger partial charge in [-0.3, -0.25) is 4.79 Å². The van der Waals surface area contributed by atoms with Crippen LogP contribution in [0.3, 0.4) is 0 Å². The van der Waals surface area contributed by atoms with Crippen LogP contribution in [0.4, 0.5) is 8.78 Å². The van der Waals surface area contributed by atoms with E-state index in [0.717, 1.165) is 38.6 Å². The molecule has 1 aliphatic carbocycles. The molecule has 2 rings (SSSR count). The van der Waals surface area contributed by atoms with Crippen molar-refractivity contribution in [2.75, 3.05) is 13.6 Å². The summed E-state index contributed by atoms with van der Waals surface area (Å²) >= 11 is 0. The van der Waals surface area contributed by atoms with Gasteiger partial charge in [-0.05, 0) is 45.0 Å². The van der Waals surface area contributed by atoms with E-state index in [1.54, 1.807) is 4.90 Å². The van der Waals surface area contributed by atoms with Gasteiger partial charge in [0.1, 0.15) is 11.6 Å². The molecule has 0 atom stereocenters. The molecule has 1 N–H and O–H groups in total. The van der Waals surface area contributed by atoms with E-state index < -0.39 is 11.6 Å². The fourth-order valence-corrected chi connectivity index (χ4v) is 3.05. The first-order valence-corrected chi connectivity index (χ1v) is 8.00. The van der Waals surface area contributed by atoms with Crippen LogP contribution < -0.4 is 5.32 Å². The summed E-state index contributed by atoms with van der Waals surface area (Å²) in [6, 6.07) is 3.96. The maximum atomic E-state index is 13.9. The van der Waals surface area contributed by atoms with E-state index in [2.05, 4.69) is 5.32 Å². The monoisotopic (exact) mass is 310 g/mol. The molecular weight excluding hydrogens is 286 g/mol. The highest BCUT2D eigenvalue weighted by molar-refractivity contribution is 5.76. The van der Waals surface area contributed by atoms with Gasteiger partial charge in [0.25, 0.3) is 0 Å². The van der Waals surface area contributed by atoms with Crippen molar-refractivity contribution in [1.29, 1.82) is 0 Å². The number of halogens is 2. The second-order valence-electron chi connectivity index (χ2n) is 5.87. The smallest absolute Gasteiger partial charge is 0.223 e. The molecule has 1 aliphatic rings. The molecule has 0 spiro atoms. The minimum absolute atomic E-state index is 0.00336. The van der Waals surface area contributed by atoms with E-state index in [4.69, 9.17) is 0 Å². The normalized spacial score (nSPS) is 15.2. The Morgan fingerprint density at radius 1 is 1.27 bits per heavy atom. The second-order valence-corrected chi connectivity index (χ2v) is 5.87. The summed E-state index contributed by atoms with van der Waals surface area (Å²) in [5.74, 6) is -1.16. The Balaban J connectivity index is 2.12. The molecule has 1 aromatic carbocycles. The maximum absolute atomic E-state index is 13.9. The van der Waals surface area contributed by atoms with Crippen LogP contribution in [0.2, 0.25) is 0 Å². The molecule has 0 aromatic heterocycles. The van der Waals surface area contributed by atoms with E-state index in [1.165, 1.54) is 18.2 Å². The van der Waals surface area contributed by atoms with E-state index >= 15 is 0 Å². The van der Waals surface area contributed by atoms with Gasteiger partial charge in [0.05, 0.1) is 6.54 Å². The van der Waals surface area contributed by atoms with Gasteiger partial charge in [-0.1, -0.05) is 18.9 Å². The Morgan fingerprint density at radius 2 is 1.91 bits per heavy atom. The molecule has 0 heterocycles. The molecule has 122 valence electrons. The Kier molecular flexibility index (Phi) is 6.31. The zero-order valence-electron chi connectivity index (χ0n) is 13.1. The zero-order chi connectivity index (χ0) is 15.9. The first kappa shape index (κ1) is 16.9. The Bertz CT molecular complexity index is 481. The minimum Gasteiger partial charge on any atom is -0.335 e. The highest BCUT2D eigenvalue weighted by Gasteiger charge is 2.27. The van der Waals surface area contributed by atoms with E-state index in [0.29, 0.717) is 6.42 Å². The average molecular weight is 310 g/mol. The number of amides is 1. The van der Waals surface area contributed by atoms with Crippen molar-refractivity contribution in [2.45, 2.75) is 51.1 Å². The third kappa shape index (κ3) is 4.26. The summed E-state index contributed by atoms with van der Waals surface area (Å²) < 4.78 is 27.8. The molecule has 0 aliphatic heterocycles. The summed E-state index contributed by atoms with van der Waals surface area (Å²) in [5.41, 5.74) is -0.00336. The maximum Gasteiger partial charge on any atom is 0.223 e. The van der Waals surface area contributed by atoms with Gasteiger partial charge in [-0.2, -0.15) is 0 Å². The number of carbonyl (C=O) groups is 1. The quantitative estimate of drug-likeness (QED) is 0.784. The summed E-state index contributed by atoms with van der Waals surface area (Å²) in [7, 11) is 1.84. The van der Waals surface area contributed by atoms with Crippen molar-refractivity contribution < 1.29 is 13.6 Å². The molecule has 1 saturated carbocycles. The van der Waals surface area contributed by atoms with Crippen molar-refractivity contribution in [3.63, 3.8) is 0 Å². The third-order valence-corrected chi connectivity index (χ3v) is 4.29. The van der Waals surface area contributed by atoms with Crippen LogP contribution >= 0.6 is 0 Å². The van der Waals surface area contributed by atoms with E-state index in [9.17, 15) is 13.6 Å². The molecule has 1 amide bonds. The molecule has 5 heteroatoms. The number of nitrogens with zero attached hydrogens (tertiary/aromatic N) is 1. The molecule has 0 bridgehead atoms. The van der Waals surface area contributed by atoms with Crippen molar-refractivity contribution in [3.8, 4) is 0 Å². The highest BCUT2D eigenvalue weighted by atomic mass is 19.1. The molecule has 1 fully saturated rings. The van der Waals surface area contributed by atoms with Crippen LogP contribution in [0, 0.1) is 11.6 Å². The number of nitrogens with one attached hydrogen (secondary N) is 1. The van der Waals surface area contributed by atoms with Crippen LogP contribution in [0.1, 0.15) is 44.1 Å². The molecule has 0 saturated heterocycles. The average Bonchev–Trinajstić information content (AvgIpc) is 3.01. The first-order chi connectivity index (χ1) is 10.6. The summed E-state index contributed by atoms with van der Waals surface area (Å²) in [6.07, 6.45) is 5.14. The molecule has 22 heavy (non-hydrogen) atoms. The molecule has 0 radical (unpaired) electrons. The number of hydrogen-bond acceptors (Lipinski definition) is 2. The number of hydrogen-bond donors (Lipinski definition) is 1. The van der Waals surface area contributed by atoms with Crippen molar-refractivity contribution in [3.05, 3.63) is 35.4 Å². The Labute approximate surface area is 130 Å². The molecule has 1 aromatic rings. The SMILES string of the molecule is CNCCCC(=O)N(Cc1c(F)cccc1F)C1CCCC1. The summed E-state index contributed by atoms with van der Waals surface area (Å²) in [4.78, 5) is 14.2. The van der Waals surface area contributed by atoms with Crippen molar-refractivity contribution in [1.82, 2.24) is 10.2 Å². The lowest BCUT2D eigenvalue weighted by atomic mass is 10.1. The van der Waals surface area contributed by atoms with Gasteiger partial charge in [0.15, 0.2) is 0 Å². The molecular formula is C17H24F2N2O. The largest absolute Gasteiger partial charge is 0.335 e. The Hall–Kier alpha value is -1.49. The van der Waals surface area contributed by atoms with E-state index in [1.807, 2.05) is 7.05 Å². The van der Waals surface area contributed by atoms with Gasteiger partial charge in [-0.15, -0.1) is 0 Å². The lowest BCUT2D eigenvalue weighted by molar-refractivity contribution is -0.134. The van der Waals surface area contributed by atoms with Gasteiger partial charge in [-0.25, -0.2) is 8.78 Å². The van der Waals surface area contributed by atoms with Gasteiger partial charge >= 0.3 is 0 Å². The molecule has 0 unspecified atom stereocenters. The first-order valence-electron chi connectivity index (χ1n) is 8.00. The predicted octanol–water partition coefficient (Wildman–Crippen LogP) is 3.24. The third-order valence-electron chi connectivity index (χ3n) is 4.29. The van der Waals surface area contributed by atoms with Crippen LogP contribution in [0.15, 0.2) is 18.2 Å². The number of rotatable bonds is 7. The summed E-state index contributed by atoms with van der Waals surface area (Å²) in [6.45, 7) is 0.792. The lowest BCUT2D eigenvalue weighted by Crippen LogP contribution is -2.39. The molecule has 3 nitrogen and oxygen atoms in total. The number of benzene rings is 1. The predicted molar refractivity (Wildman–Crippen MR) is 82.3 cm³/mol. The van der Waals surface area contributed by atoms with Gasteiger partial charge in [0, 0.05) is 18.0 Å². The second kappa shape index (κ2) is 8.22. The minimum atomic E-state index is -0.578. The lowest BCUT2D eigenvalue weighted by Gasteiger charge is -2.29. The highest BCUT2D eigenvalue weighted by Crippen LogP contribution is 2.27. The Morgan fingerprint density at radius 3 is 2.50 bits per heavy atom. The van der Waals surface area contributed by atoms with Crippen molar-refractivity contribution in [2.24, 2.45) is 0 Å². The summed E-state index contributed by atoms with van der Waals surface area (Å²) in [5, 5.41) is 3.01. The van der Waals surface area contributed by atoms with Crippen molar-refractivity contribution >= 4 is 5.91 Å². The van der Waals surface area contributed by atoms with Gasteiger partial charge < -0.3 is 10.2 Å². The van der Waals surface area contributed by atoms with Crippen LogP contribution in [0.25, 0.3) is 0 Å². The van der Waals surface area contributed by atoms with Crippen LogP contribution in [0.5, 0.6) is 0 Å². The van der Waals surface area contributed by atoms with Crippen LogP contribution in [-0.2, 0) is 11.3 Å². The van der Waals surface area contributed by atoms with Gasteiger partial charge in [0.2, 0.25) is 5.91 Å². The fourth-order valence-electron chi connectivity index (χ4n) is 3.05.